The largest absolute Gasteiger partial charge is 0.478 e. The summed E-state index contributed by atoms with van der Waals surface area (Å²) >= 11 is 3.23. The van der Waals surface area contributed by atoms with E-state index in [0.717, 1.165) is 12.8 Å². The topological polar surface area (TPSA) is 87.7 Å². The number of halogens is 1. The molecule has 0 radical (unpaired) electrons. The van der Waals surface area contributed by atoms with Gasteiger partial charge in [-0.15, -0.1) is 0 Å². The number of benzene rings is 1. The van der Waals surface area contributed by atoms with Crippen LogP contribution < -0.4 is 10.6 Å². The first-order valence-electron chi connectivity index (χ1n) is 6.59. The minimum atomic E-state index is -1.05. The number of carboxylic acid groups (broad SMARTS) is 1. The maximum atomic E-state index is 12.0. The summed E-state index contributed by atoms with van der Waals surface area (Å²) in [5.41, 5.74) is 0.121. The highest BCUT2D eigenvalue weighted by Gasteiger charge is 2.29. The standard InChI is InChI=1S/C14H17BrN2O4/c1-14(3-2-4-21-8-14)17-13(20)16-11-6-9(12(18)19)5-10(15)7-11/h5-7H,2-4,8H2,1H3,(H,18,19)(H2,16,17,20). The van der Waals surface area contributed by atoms with Crippen LogP contribution >= 0.6 is 15.9 Å². The second-order valence-corrected chi connectivity index (χ2v) is 6.25. The SMILES string of the molecule is CC1(NC(=O)Nc2cc(Br)cc(C(=O)O)c2)CCCOC1. The molecule has 0 saturated carbocycles. The number of hydrogen-bond acceptors (Lipinski definition) is 3. The van der Waals surface area contributed by atoms with E-state index in [-0.39, 0.29) is 11.6 Å². The molecule has 0 spiro atoms. The van der Waals surface area contributed by atoms with Gasteiger partial charge in [0.2, 0.25) is 0 Å². The summed E-state index contributed by atoms with van der Waals surface area (Å²) in [6.07, 6.45) is 1.75. The maximum Gasteiger partial charge on any atom is 0.335 e. The van der Waals surface area contributed by atoms with Gasteiger partial charge < -0.3 is 20.5 Å². The van der Waals surface area contributed by atoms with Crippen LogP contribution in [0.2, 0.25) is 0 Å². The molecule has 1 unspecified atom stereocenters. The van der Waals surface area contributed by atoms with Crippen LogP contribution in [0.15, 0.2) is 22.7 Å². The Kier molecular flexibility index (Phi) is 4.84. The van der Waals surface area contributed by atoms with E-state index in [1.165, 1.54) is 12.1 Å². The Balaban J connectivity index is 2.04. The van der Waals surface area contributed by atoms with Crippen molar-refractivity contribution in [3.05, 3.63) is 28.2 Å². The minimum Gasteiger partial charge on any atom is -0.478 e. The molecule has 2 amide bonds. The zero-order chi connectivity index (χ0) is 15.5. The molecule has 0 bridgehead atoms. The predicted molar refractivity (Wildman–Crippen MR) is 81.7 cm³/mol. The Morgan fingerprint density at radius 2 is 2.14 bits per heavy atom. The number of ether oxygens (including phenoxy) is 1. The summed E-state index contributed by atoms with van der Waals surface area (Å²) in [6.45, 7) is 3.11. The lowest BCUT2D eigenvalue weighted by molar-refractivity contribution is 0.0342. The van der Waals surface area contributed by atoms with E-state index in [1.54, 1.807) is 6.07 Å². The van der Waals surface area contributed by atoms with Gasteiger partial charge in [-0.1, -0.05) is 15.9 Å². The number of carbonyl (C=O) groups excluding carboxylic acids is 1. The highest BCUT2D eigenvalue weighted by atomic mass is 79.9. The Morgan fingerprint density at radius 3 is 2.76 bits per heavy atom. The Labute approximate surface area is 131 Å². The molecule has 1 fully saturated rings. The van der Waals surface area contributed by atoms with Crippen molar-refractivity contribution in [1.82, 2.24) is 5.32 Å². The molecule has 1 saturated heterocycles. The summed E-state index contributed by atoms with van der Waals surface area (Å²) < 4.78 is 5.97. The highest BCUT2D eigenvalue weighted by molar-refractivity contribution is 9.10. The first-order valence-corrected chi connectivity index (χ1v) is 7.38. The van der Waals surface area contributed by atoms with Crippen LogP contribution in [0.1, 0.15) is 30.1 Å². The minimum absolute atomic E-state index is 0.104. The molecule has 1 aromatic carbocycles. The summed E-state index contributed by atoms with van der Waals surface area (Å²) in [5, 5.41) is 14.5. The number of carboxylic acids is 1. The molecular weight excluding hydrogens is 340 g/mol. The third-order valence-corrected chi connectivity index (χ3v) is 3.71. The first kappa shape index (κ1) is 15.8. The Hall–Kier alpha value is -1.60. The second kappa shape index (κ2) is 6.44. The van der Waals surface area contributed by atoms with Crippen molar-refractivity contribution in [2.75, 3.05) is 18.5 Å². The lowest BCUT2D eigenvalue weighted by atomic mass is 9.95. The van der Waals surface area contributed by atoms with Crippen molar-refractivity contribution in [3.63, 3.8) is 0 Å². The number of anilines is 1. The van der Waals surface area contributed by atoms with Gasteiger partial charge in [-0.2, -0.15) is 0 Å². The van der Waals surface area contributed by atoms with Gasteiger partial charge >= 0.3 is 12.0 Å². The number of aromatic carboxylic acids is 1. The van der Waals surface area contributed by atoms with Crippen LogP contribution in [0, 0.1) is 0 Å². The number of amides is 2. The molecule has 6 nitrogen and oxygen atoms in total. The Bertz CT molecular complexity index is 556. The molecule has 2 rings (SSSR count). The number of nitrogens with one attached hydrogen (secondary N) is 2. The van der Waals surface area contributed by atoms with Gasteiger partial charge in [0.05, 0.1) is 17.7 Å². The molecule has 1 atom stereocenters. The monoisotopic (exact) mass is 356 g/mol. The fourth-order valence-electron chi connectivity index (χ4n) is 2.25. The number of rotatable bonds is 3. The Morgan fingerprint density at radius 1 is 1.38 bits per heavy atom. The van der Waals surface area contributed by atoms with Crippen LogP contribution in [-0.2, 0) is 4.74 Å². The summed E-state index contributed by atoms with van der Waals surface area (Å²) in [6, 6.07) is 4.15. The number of urea groups is 1. The molecule has 7 heteroatoms. The molecule has 0 aliphatic carbocycles. The number of carbonyl (C=O) groups is 2. The highest BCUT2D eigenvalue weighted by Crippen LogP contribution is 2.21. The molecule has 114 valence electrons. The molecule has 1 aromatic rings. The van der Waals surface area contributed by atoms with Crippen molar-refractivity contribution >= 4 is 33.6 Å². The van der Waals surface area contributed by atoms with E-state index in [1.807, 2.05) is 6.92 Å². The van der Waals surface area contributed by atoms with Gasteiger partial charge in [-0.05, 0) is 38.0 Å². The molecule has 3 N–H and O–H groups in total. The zero-order valence-corrected chi connectivity index (χ0v) is 13.2. The summed E-state index contributed by atoms with van der Waals surface area (Å²) in [5.74, 6) is -1.05. The average Bonchev–Trinajstić information content (AvgIpc) is 2.37. The van der Waals surface area contributed by atoms with Crippen molar-refractivity contribution in [2.24, 2.45) is 0 Å². The van der Waals surface area contributed by atoms with E-state index in [4.69, 9.17) is 9.84 Å². The van der Waals surface area contributed by atoms with E-state index in [2.05, 4.69) is 26.6 Å². The van der Waals surface area contributed by atoms with Gasteiger partial charge in [0.25, 0.3) is 0 Å². The molecule has 1 heterocycles. The second-order valence-electron chi connectivity index (χ2n) is 5.33. The molecule has 1 aliphatic rings. The number of hydrogen-bond donors (Lipinski definition) is 3. The molecule has 1 aliphatic heterocycles. The van der Waals surface area contributed by atoms with Crippen LogP contribution in [0.25, 0.3) is 0 Å². The van der Waals surface area contributed by atoms with E-state index in [0.29, 0.717) is 23.4 Å². The normalized spacial score (nSPS) is 21.6. The van der Waals surface area contributed by atoms with E-state index >= 15 is 0 Å². The van der Waals surface area contributed by atoms with Crippen molar-refractivity contribution in [1.29, 1.82) is 0 Å². The fourth-order valence-corrected chi connectivity index (χ4v) is 2.75. The smallest absolute Gasteiger partial charge is 0.335 e. The van der Waals surface area contributed by atoms with Crippen molar-refractivity contribution in [2.45, 2.75) is 25.3 Å². The van der Waals surface area contributed by atoms with E-state index in [9.17, 15) is 9.59 Å². The van der Waals surface area contributed by atoms with Crippen LogP contribution in [-0.4, -0.2) is 35.9 Å². The predicted octanol–water partition coefficient (Wildman–Crippen LogP) is 2.84. The van der Waals surface area contributed by atoms with Crippen molar-refractivity contribution in [3.8, 4) is 0 Å². The summed E-state index contributed by atoms with van der Waals surface area (Å²) in [4.78, 5) is 23.0. The lowest BCUT2D eigenvalue weighted by Crippen LogP contribution is -2.52. The van der Waals surface area contributed by atoms with Gasteiger partial charge in [0.15, 0.2) is 0 Å². The van der Waals surface area contributed by atoms with Crippen LogP contribution in [0.5, 0.6) is 0 Å². The van der Waals surface area contributed by atoms with Crippen LogP contribution in [0.4, 0.5) is 10.5 Å². The zero-order valence-electron chi connectivity index (χ0n) is 11.6. The quantitative estimate of drug-likeness (QED) is 0.776. The molecular formula is C14H17BrN2O4. The average molecular weight is 357 g/mol. The van der Waals surface area contributed by atoms with Crippen molar-refractivity contribution < 1.29 is 19.4 Å². The van der Waals surface area contributed by atoms with E-state index < -0.39 is 11.5 Å². The van der Waals surface area contributed by atoms with Gasteiger partial charge in [-0.3, -0.25) is 0 Å². The fraction of sp³-hybridized carbons (Fsp3) is 0.429. The lowest BCUT2D eigenvalue weighted by Gasteiger charge is -2.34. The third-order valence-electron chi connectivity index (χ3n) is 3.26. The van der Waals surface area contributed by atoms with Gasteiger partial charge in [0, 0.05) is 16.8 Å². The molecule has 21 heavy (non-hydrogen) atoms. The first-order chi connectivity index (χ1) is 9.88. The molecule has 0 aromatic heterocycles. The maximum absolute atomic E-state index is 12.0. The summed E-state index contributed by atoms with van der Waals surface area (Å²) in [7, 11) is 0. The van der Waals surface area contributed by atoms with Gasteiger partial charge in [-0.25, -0.2) is 9.59 Å². The third kappa shape index (κ3) is 4.44. The van der Waals surface area contributed by atoms with Crippen LogP contribution in [0.3, 0.4) is 0 Å². The van der Waals surface area contributed by atoms with Gasteiger partial charge in [0.1, 0.15) is 0 Å².